The van der Waals surface area contributed by atoms with E-state index in [0.29, 0.717) is 22.7 Å². The average molecular weight is 190 g/mol. The van der Waals surface area contributed by atoms with Crippen molar-refractivity contribution in [1.82, 2.24) is 51.4 Å². The molecule has 0 saturated heterocycles. The zero-order valence-electron chi connectivity index (χ0n) is 6.58. The van der Waals surface area contributed by atoms with Crippen molar-refractivity contribution in [3.63, 3.8) is 0 Å². The fourth-order valence-corrected chi connectivity index (χ4v) is 1.02. The molecular formula is C4H2N10. The Kier molecular flexibility index (Phi) is 1.23. The first-order chi connectivity index (χ1) is 6.95. The Morgan fingerprint density at radius 1 is 0.857 bits per heavy atom. The molecule has 0 saturated carbocycles. The van der Waals surface area contributed by atoms with Crippen LogP contribution in [0.15, 0.2) is 0 Å². The van der Waals surface area contributed by atoms with E-state index in [0.717, 1.165) is 0 Å². The zero-order valence-corrected chi connectivity index (χ0v) is 6.58. The Balaban J connectivity index is 2.36. The van der Waals surface area contributed by atoms with E-state index in [9.17, 15) is 0 Å². The van der Waals surface area contributed by atoms with Crippen molar-refractivity contribution in [3.8, 4) is 11.5 Å². The molecule has 0 spiro atoms. The molecule has 0 atom stereocenters. The molecule has 3 aromatic heterocycles. The molecule has 0 fully saturated rings. The predicted molar refractivity (Wildman–Crippen MR) is 40.4 cm³/mol. The topological polar surface area (TPSA) is 135 Å². The molecule has 10 nitrogen and oxygen atoms in total. The van der Waals surface area contributed by atoms with E-state index in [1.54, 1.807) is 0 Å². The molecule has 2 N–H and O–H groups in total. The molecule has 0 unspecified atom stereocenters. The maximum Gasteiger partial charge on any atom is 0.227 e. The zero-order chi connectivity index (χ0) is 9.38. The molecule has 14 heavy (non-hydrogen) atoms. The van der Waals surface area contributed by atoms with Crippen LogP contribution in [0.3, 0.4) is 0 Å². The Labute approximate surface area is 75.1 Å². The van der Waals surface area contributed by atoms with Crippen LogP contribution in [0, 0.1) is 0 Å². The summed E-state index contributed by atoms with van der Waals surface area (Å²) in [6, 6.07) is 0. The van der Waals surface area contributed by atoms with Gasteiger partial charge in [0.15, 0.2) is 11.2 Å². The summed E-state index contributed by atoms with van der Waals surface area (Å²) >= 11 is 0. The summed E-state index contributed by atoms with van der Waals surface area (Å²) in [5.74, 6) is 0.304. The van der Waals surface area contributed by atoms with Gasteiger partial charge in [0.05, 0.1) is 0 Å². The third-order valence-electron chi connectivity index (χ3n) is 1.60. The van der Waals surface area contributed by atoms with Gasteiger partial charge >= 0.3 is 0 Å². The van der Waals surface area contributed by atoms with Crippen LogP contribution in [0.5, 0.6) is 0 Å². The molecule has 0 aliphatic carbocycles. The van der Waals surface area contributed by atoms with Gasteiger partial charge in [-0.25, -0.2) is 0 Å². The van der Waals surface area contributed by atoms with E-state index in [1.807, 2.05) is 0 Å². The number of aromatic amines is 2. The fourth-order valence-electron chi connectivity index (χ4n) is 1.02. The van der Waals surface area contributed by atoms with E-state index >= 15 is 0 Å². The Bertz CT molecular complexity index is 550. The summed E-state index contributed by atoms with van der Waals surface area (Å²) in [5, 5.41) is 34.2. The lowest BCUT2D eigenvalue weighted by atomic mass is 10.3. The minimum atomic E-state index is 0.304. The molecule has 68 valence electrons. The van der Waals surface area contributed by atoms with Gasteiger partial charge in [0.25, 0.3) is 0 Å². The van der Waals surface area contributed by atoms with Crippen LogP contribution >= 0.6 is 0 Å². The summed E-state index contributed by atoms with van der Waals surface area (Å²) < 4.78 is 0. The van der Waals surface area contributed by atoms with E-state index in [2.05, 4.69) is 51.4 Å². The number of hydrogen-bond donors (Lipinski definition) is 2. The summed E-state index contributed by atoms with van der Waals surface area (Å²) in [6.45, 7) is 0. The van der Waals surface area contributed by atoms with Crippen LogP contribution in [-0.4, -0.2) is 51.4 Å². The number of aromatic nitrogens is 10. The molecule has 3 rings (SSSR count). The molecule has 0 radical (unpaired) electrons. The molecular weight excluding hydrogens is 188 g/mol. The summed E-state index contributed by atoms with van der Waals surface area (Å²) in [4.78, 5) is 0. The second-order valence-electron chi connectivity index (χ2n) is 2.37. The molecule has 10 heteroatoms. The highest BCUT2D eigenvalue weighted by atomic mass is 15.5. The van der Waals surface area contributed by atoms with Crippen LogP contribution in [-0.2, 0) is 0 Å². The average Bonchev–Trinajstić information content (AvgIpc) is 2.88. The second kappa shape index (κ2) is 2.48. The van der Waals surface area contributed by atoms with Gasteiger partial charge in [-0.3, -0.25) is 0 Å². The number of nitrogens with one attached hydrogen (secondary N) is 2. The van der Waals surface area contributed by atoms with Crippen molar-refractivity contribution in [2.24, 2.45) is 0 Å². The number of H-pyrrole nitrogens is 2. The molecule has 0 amide bonds. The summed E-state index contributed by atoms with van der Waals surface area (Å²) in [6.07, 6.45) is 0. The molecule has 3 heterocycles. The monoisotopic (exact) mass is 190 g/mol. The minimum absolute atomic E-state index is 0.304. The number of fused-ring (bicyclic) bond motifs is 1. The highest BCUT2D eigenvalue weighted by Crippen LogP contribution is 2.15. The van der Waals surface area contributed by atoms with Gasteiger partial charge in [-0.05, 0) is 10.4 Å². The number of hydrogen-bond acceptors (Lipinski definition) is 8. The molecule has 0 aliphatic rings. The van der Waals surface area contributed by atoms with Crippen molar-refractivity contribution in [2.45, 2.75) is 0 Å². The van der Waals surface area contributed by atoms with Crippen LogP contribution in [0.4, 0.5) is 0 Å². The van der Waals surface area contributed by atoms with Gasteiger partial charge in [-0.2, -0.15) is 15.5 Å². The van der Waals surface area contributed by atoms with Crippen molar-refractivity contribution in [3.05, 3.63) is 0 Å². The van der Waals surface area contributed by atoms with Gasteiger partial charge in [0, 0.05) is 0 Å². The molecule has 3 aromatic rings. The lowest BCUT2D eigenvalue weighted by Crippen LogP contribution is -1.94. The van der Waals surface area contributed by atoms with Crippen LogP contribution in [0.1, 0.15) is 0 Å². The predicted octanol–water partition coefficient (Wildman–Crippen LogP) is -1.68. The first-order valence-electron chi connectivity index (χ1n) is 3.59. The van der Waals surface area contributed by atoms with Crippen LogP contribution < -0.4 is 0 Å². The number of rotatable bonds is 1. The number of tetrazole rings is 1. The molecule has 0 aromatic carbocycles. The van der Waals surface area contributed by atoms with E-state index < -0.39 is 0 Å². The maximum absolute atomic E-state index is 3.85. The first-order valence-corrected chi connectivity index (χ1v) is 3.59. The first kappa shape index (κ1) is 6.94. The van der Waals surface area contributed by atoms with Crippen molar-refractivity contribution in [2.75, 3.05) is 0 Å². The minimum Gasteiger partial charge on any atom is -0.195 e. The third kappa shape index (κ3) is 0.840. The van der Waals surface area contributed by atoms with E-state index in [4.69, 9.17) is 0 Å². The van der Waals surface area contributed by atoms with Crippen LogP contribution in [0.2, 0.25) is 0 Å². The van der Waals surface area contributed by atoms with E-state index in [-0.39, 0.29) is 0 Å². The lowest BCUT2D eigenvalue weighted by Gasteiger charge is -1.89. The third-order valence-corrected chi connectivity index (χ3v) is 1.60. The van der Waals surface area contributed by atoms with Crippen molar-refractivity contribution >= 4 is 11.2 Å². The SMILES string of the molecule is n1nc(-c2nn[nH]n2)c2n[nH]nc2n1. The summed E-state index contributed by atoms with van der Waals surface area (Å²) in [5.41, 5.74) is 1.21. The van der Waals surface area contributed by atoms with Gasteiger partial charge in [-0.1, -0.05) is 0 Å². The quantitative estimate of drug-likeness (QED) is 0.464. The number of nitrogens with zero attached hydrogens (tertiary/aromatic N) is 8. The normalized spacial score (nSPS) is 10.9. The van der Waals surface area contributed by atoms with Crippen LogP contribution in [0.25, 0.3) is 22.7 Å². The Morgan fingerprint density at radius 2 is 1.86 bits per heavy atom. The smallest absolute Gasteiger partial charge is 0.195 e. The highest BCUT2D eigenvalue weighted by Gasteiger charge is 2.14. The van der Waals surface area contributed by atoms with Crippen molar-refractivity contribution in [1.29, 1.82) is 0 Å². The Morgan fingerprint density at radius 3 is 2.71 bits per heavy atom. The largest absolute Gasteiger partial charge is 0.227 e. The van der Waals surface area contributed by atoms with E-state index in [1.165, 1.54) is 0 Å². The highest BCUT2D eigenvalue weighted by molar-refractivity contribution is 5.82. The van der Waals surface area contributed by atoms with Crippen molar-refractivity contribution < 1.29 is 0 Å². The maximum atomic E-state index is 3.85. The fraction of sp³-hybridized carbons (Fsp3) is 0. The lowest BCUT2D eigenvalue weighted by molar-refractivity contribution is 0.881. The molecule has 0 bridgehead atoms. The van der Waals surface area contributed by atoms with Gasteiger partial charge < -0.3 is 0 Å². The standard InChI is InChI=1S/C4H2N10/c5-1-2(4-9-13-14-10-4)6-12-8-3(1)7-11-5/h(H,9,10,13,14)(H,5,6,7,8,11). The van der Waals surface area contributed by atoms with Gasteiger partial charge in [0.1, 0.15) is 0 Å². The second-order valence-corrected chi connectivity index (χ2v) is 2.37. The Hall–Kier alpha value is -2.52. The van der Waals surface area contributed by atoms with Gasteiger partial charge in [-0.15, -0.1) is 25.5 Å². The van der Waals surface area contributed by atoms with Gasteiger partial charge in [0.2, 0.25) is 11.5 Å². The summed E-state index contributed by atoms with van der Waals surface area (Å²) in [7, 11) is 0. The molecule has 0 aliphatic heterocycles.